The van der Waals surface area contributed by atoms with Gasteiger partial charge in [0.25, 0.3) is 5.91 Å². The van der Waals surface area contributed by atoms with Gasteiger partial charge in [0.2, 0.25) is 5.88 Å². The molecule has 2 aromatic carbocycles. The maximum Gasteiger partial charge on any atom is 0.256 e. The summed E-state index contributed by atoms with van der Waals surface area (Å²) in [4.78, 5) is 15.0. The maximum absolute atomic E-state index is 12.6. The highest BCUT2D eigenvalue weighted by Crippen LogP contribution is 2.24. The number of ether oxygens (including phenoxy) is 3. The second-order valence-corrected chi connectivity index (χ2v) is 7.72. The summed E-state index contributed by atoms with van der Waals surface area (Å²) in [5.74, 6) is 1.98. The normalized spacial score (nSPS) is 13.8. The number of carbonyl (C=O) groups is 1. The van der Waals surface area contributed by atoms with Gasteiger partial charge in [-0.15, -0.1) is 5.10 Å². The van der Waals surface area contributed by atoms with E-state index in [4.69, 9.17) is 14.2 Å². The Morgan fingerprint density at radius 1 is 1.03 bits per heavy atom. The number of aromatic amines is 1. The zero-order valence-corrected chi connectivity index (χ0v) is 18.9. The summed E-state index contributed by atoms with van der Waals surface area (Å²) in [7, 11) is 3.20. The maximum atomic E-state index is 12.6. The zero-order valence-electron chi connectivity index (χ0n) is 18.9. The number of hydrogen-bond acceptors (Lipinski definition) is 7. The van der Waals surface area contributed by atoms with Gasteiger partial charge in [-0.05, 0) is 54.9 Å². The Hall–Kier alpha value is -3.72. The Morgan fingerprint density at radius 3 is 2.52 bits per heavy atom. The van der Waals surface area contributed by atoms with Gasteiger partial charge < -0.3 is 29.7 Å². The molecule has 0 radical (unpaired) electrons. The molecule has 0 spiro atoms. The summed E-state index contributed by atoms with van der Waals surface area (Å²) in [5, 5.41) is 13.1. The Labute approximate surface area is 193 Å². The van der Waals surface area contributed by atoms with Gasteiger partial charge >= 0.3 is 0 Å². The van der Waals surface area contributed by atoms with Crippen LogP contribution in [0.3, 0.4) is 0 Å². The lowest BCUT2D eigenvalue weighted by Gasteiger charge is -2.22. The Balaban J connectivity index is 1.33. The molecule has 3 N–H and O–H groups in total. The van der Waals surface area contributed by atoms with Crippen LogP contribution in [-0.2, 0) is 6.61 Å². The monoisotopic (exact) mass is 451 g/mol. The van der Waals surface area contributed by atoms with Crippen LogP contribution in [0, 0.1) is 0 Å². The van der Waals surface area contributed by atoms with Crippen LogP contribution >= 0.6 is 0 Å². The van der Waals surface area contributed by atoms with E-state index in [1.807, 2.05) is 36.4 Å². The SMILES string of the molecule is COc1cc(COc2cc(NC(=O)c3ccc(N4CCCNCC4)cc3)[nH]n2)cc(OC)c1. The minimum atomic E-state index is -0.216. The summed E-state index contributed by atoms with van der Waals surface area (Å²) < 4.78 is 16.3. The van der Waals surface area contributed by atoms with Crippen molar-refractivity contribution in [3.05, 3.63) is 59.7 Å². The van der Waals surface area contributed by atoms with Crippen molar-refractivity contribution in [3.8, 4) is 17.4 Å². The third-order valence-electron chi connectivity index (χ3n) is 5.44. The third kappa shape index (κ3) is 5.95. The van der Waals surface area contributed by atoms with Crippen LogP contribution in [0.2, 0.25) is 0 Å². The molecule has 9 heteroatoms. The highest BCUT2D eigenvalue weighted by Gasteiger charge is 2.13. The van der Waals surface area contributed by atoms with E-state index in [1.54, 1.807) is 26.4 Å². The summed E-state index contributed by atoms with van der Waals surface area (Å²) in [5.41, 5.74) is 2.58. The van der Waals surface area contributed by atoms with E-state index in [0.29, 0.717) is 28.8 Å². The Morgan fingerprint density at radius 2 is 1.79 bits per heavy atom. The first-order valence-corrected chi connectivity index (χ1v) is 10.9. The number of hydrogen-bond donors (Lipinski definition) is 3. The van der Waals surface area contributed by atoms with Gasteiger partial charge in [0, 0.05) is 43.0 Å². The standard InChI is InChI=1S/C24H29N5O4/c1-31-20-12-17(13-21(14-20)32-2)16-33-23-15-22(27-28-23)26-24(30)18-4-6-19(7-5-18)29-10-3-8-25-9-11-29/h4-7,12-15,25H,3,8-11,16H2,1-2H3,(H2,26,27,28,30). The first-order valence-electron chi connectivity index (χ1n) is 10.9. The summed E-state index contributed by atoms with van der Waals surface area (Å²) in [6, 6.07) is 14.8. The van der Waals surface area contributed by atoms with E-state index in [0.717, 1.165) is 43.9 Å². The van der Waals surface area contributed by atoms with E-state index in [1.165, 1.54) is 0 Å². The molecule has 3 aromatic rings. The molecule has 1 amide bonds. The summed E-state index contributed by atoms with van der Waals surface area (Å²) in [6.07, 6.45) is 1.11. The predicted molar refractivity (Wildman–Crippen MR) is 127 cm³/mol. The lowest BCUT2D eigenvalue weighted by Crippen LogP contribution is -2.27. The number of nitrogens with one attached hydrogen (secondary N) is 3. The number of nitrogens with zero attached hydrogens (tertiary/aromatic N) is 2. The number of benzene rings is 2. The van der Waals surface area contributed by atoms with E-state index in [9.17, 15) is 4.79 Å². The van der Waals surface area contributed by atoms with Gasteiger partial charge in [-0.1, -0.05) is 0 Å². The van der Waals surface area contributed by atoms with Gasteiger partial charge in [0.15, 0.2) is 0 Å². The molecule has 2 heterocycles. The van der Waals surface area contributed by atoms with E-state index < -0.39 is 0 Å². The number of carbonyl (C=O) groups excluding carboxylic acids is 1. The topological polar surface area (TPSA) is 101 Å². The van der Waals surface area contributed by atoms with Gasteiger partial charge in [0.05, 0.1) is 14.2 Å². The molecule has 0 aliphatic carbocycles. The van der Waals surface area contributed by atoms with Crippen molar-refractivity contribution in [2.45, 2.75) is 13.0 Å². The van der Waals surface area contributed by atoms with Crippen molar-refractivity contribution in [1.82, 2.24) is 15.5 Å². The fourth-order valence-corrected chi connectivity index (χ4v) is 3.67. The molecule has 0 saturated carbocycles. The highest BCUT2D eigenvalue weighted by atomic mass is 16.5. The van der Waals surface area contributed by atoms with Crippen molar-refractivity contribution in [1.29, 1.82) is 0 Å². The predicted octanol–water partition coefficient (Wildman–Crippen LogP) is 3.06. The minimum Gasteiger partial charge on any atom is -0.497 e. The molecular weight excluding hydrogens is 422 g/mol. The van der Waals surface area contributed by atoms with Gasteiger partial charge in [0.1, 0.15) is 23.9 Å². The van der Waals surface area contributed by atoms with E-state index in [-0.39, 0.29) is 12.5 Å². The van der Waals surface area contributed by atoms with E-state index in [2.05, 4.69) is 25.7 Å². The van der Waals surface area contributed by atoms with Crippen molar-refractivity contribution in [2.75, 3.05) is 50.6 Å². The number of H-pyrrole nitrogens is 1. The van der Waals surface area contributed by atoms with E-state index >= 15 is 0 Å². The second kappa shape index (κ2) is 10.7. The zero-order chi connectivity index (χ0) is 23.0. The third-order valence-corrected chi connectivity index (χ3v) is 5.44. The molecule has 0 bridgehead atoms. The molecule has 1 fully saturated rings. The number of anilines is 2. The molecule has 174 valence electrons. The molecule has 0 atom stereocenters. The van der Waals surface area contributed by atoms with Crippen LogP contribution in [0.5, 0.6) is 17.4 Å². The van der Waals surface area contributed by atoms with Crippen molar-refractivity contribution in [2.24, 2.45) is 0 Å². The molecule has 1 aliphatic heterocycles. The molecule has 1 aromatic heterocycles. The molecule has 9 nitrogen and oxygen atoms in total. The molecule has 1 aliphatic rings. The first-order chi connectivity index (χ1) is 16.1. The lowest BCUT2D eigenvalue weighted by molar-refractivity contribution is 0.102. The average Bonchev–Trinajstić information content (AvgIpc) is 3.12. The van der Waals surface area contributed by atoms with Crippen LogP contribution in [0.1, 0.15) is 22.3 Å². The van der Waals surface area contributed by atoms with Crippen LogP contribution < -0.4 is 29.7 Å². The second-order valence-electron chi connectivity index (χ2n) is 7.72. The van der Waals surface area contributed by atoms with Crippen LogP contribution in [0.4, 0.5) is 11.5 Å². The molecule has 33 heavy (non-hydrogen) atoms. The molecule has 0 unspecified atom stereocenters. The number of aromatic nitrogens is 2. The van der Waals surface area contributed by atoms with Gasteiger partial charge in [-0.3, -0.25) is 9.89 Å². The quantitative estimate of drug-likeness (QED) is 0.484. The van der Waals surface area contributed by atoms with Gasteiger partial charge in [-0.2, -0.15) is 0 Å². The van der Waals surface area contributed by atoms with Gasteiger partial charge in [-0.25, -0.2) is 0 Å². The number of amides is 1. The average molecular weight is 452 g/mol. The fourth-order valence-electron chi connectivity index (χ4n) is 3.67. The van der Waals surface area contributed by atoms with Crippen LogP contribution in [-0.4, -0.2) is 56.5 Å². The minimum absolute atomic E-state index is 0.216. The molecular formula is C24H29N5O4. The van der Waals surface area contributed by atoms with Crippen molar-refractivity contribution >= 4 is 17.4 Å². The Bertz CT molecular complexity index is 1040. The first kappa shape index (κ1) is 22.5. The molecule has 1 saturated heterocycles. The summed E-state index contributed by atoms with van der Waals surface area (Å²) >= 11 is 0. The van der Waals surface area contributed by atoms with Crippen molar-refractivity contribution in [3.63, 3.8) is 0 Å². The van der Waals surface area contributed by atoms with Crippen molar-refractivity contribution < 1.29 is 19.0 Å². The van der Waals surface area contributed by atoms with Crippen LogP contribution in [0.25, 0.3) is 0 Å². The Kier molecular flexibility index (Phi) is 7.31. The van der Waals surface area contributed by atoms with Crippen LogP contribution in [0.15, 0.2) is 48.5 Å². The number of rotatable bonds is 8. The largest absolute Gasteiger partial charge is 0.497 e. The summed E-state index contributed by atoms with van der Waals surface area (Å²) in [6.45, 7) is 4.26. The molecule has 4 rings (SSSR count). The lowest BCUT2D eigenvalue weighted by atomic mass is 10.1. The number of methoxy groups -OCH3 is 2. The smallest absolute Gasteiger partial charge is 0.256 e. The fraction of sp³-hybridized carbons (Fsp3) is 0.333. The highest BCUT2D eigenvalue weighted by molar-refractivity contribution is 6.04.